The van der Waals surface area contributed by atoms with Crippen LogP contribution in [0.5, 0.6) is 5.75 Å². The molecule has 0 fully saturated rings. The van der Waals surface area contributed by atoms with Gasteiger partial charge in [-0.2, -0.15) is 5.10 Å². The second-order valence-electron chi connectivity index (χ2n) is 6.37. The lowest BCUT2D eigenvalue weighted by Crippen LogP contribution is -2.26. The third kappa shape index (κ3) is 4.65. The van der Waals surface area contributed by atoms with E-state index in [4.69, 9.17) is 4.74 Å². The number of fused-ring (bicyclic) bond motifs is 1. The van der Waals surface area contributed by atoms with Gasteiger partial charge in [0.15, 0.2) is 6.61 Å². The first-order chi connectivity index (χ1) is 14.3. The van der Waals surface area contributed by atoms with Gasteiger partial charge in [-0.05, 0) is 35.0 Å². The first-order valence-electron chi connectivity index (χ1n) is 9.24. The monoisotopic (exact) mass is 381 g/mol. The minimum Gasteiger partial charge on any atom is -0.484 e. The van der Waals surface area contributed by atoms with Crippen molar-refractivity contribution in [3.8, 4) is 5.75 Å². The fraction of sp³-hybridized carbons (Fsp3) is 0.0417. The van der Waals surface area contributed by atoms with E-state index in [1.54, 1.807) is 6.20 Å². The van der Waals surface area contributed by atoms with Gasteiger partial charge in [-0.15, -0.1) is 0 Å². The van der Waals surface area contributed by atoms with E-state index < -0.39 is 0 Å². The highest BCUT2D eigenvalue weighted by Crippen LogP contribution is 2.20. The predicted molar refractivity (Wildman–Crippen MR) is 114 cm³/mol. The molecule has 1 amide bonds. The number of rotatable bonds is 6. The van der Waals surface area contributed by atoms with E-state index in [0.29, 0.717) is 17.2 Å². The lowest BCUT2D eigenvalue weighted by molar-refractivity contribution is -0.123. The Kier molecular flexibility index (Phi) is 5.58. The summed E-state index contributed by atoms with van der Waals surface area (Å²) in [6, 6.07) is 28.9. The molecule has 1 N–H and O–H groups in total. The Hall–Kier alpha value is -3.99. The molecule has 1 heterocycles. The van der Waals surface area contributed by atoms with Gasteiger partial charge >= 0.3 is 0 Å². The second kappa shape index (κ2) is 8.80. The summed E-state index contributed by atoms with van der Waals surface area (Å²) in [4.78, 5) is 16.6. The third-order valence-corrected chi connectivity index (χ3v) is 4.34. The molecule has 1 aromatic heterocycles. The van der Waals surface area contributed by atoms with Gasteiger partial charge in [-0.1, -0.05) is 66.7 Å². The molecule has 0 aliphatic carbocycles. The van der Waals surface area contributed by atoms with E-state index in [9.17, 15) is 4.79 Å². The fourth-order valence-electron chi connectivity index (χ4n) is 2.93. The van der Waals surface area contributed by atoms with Crippen molar-refractivity contribution in [1.29, 1.82) is 0 Å². The number of amides is 1. The van der Waals surface area contributed by atoms with Crippen molar-refractivity contribution in [2.24, 2.45) is 5.10 Å². The van der Waals surface area contributed by atoms with E-state index >= 15 is 0 Å². The van der Waals surface area contributed by atoms with Crippen LogP contribution in [0, 0.1) is 0 Å². The van der Waals surface area contributed by atoms with E-state index in [1.807, 2.05) is 91.0 Å². The maximum Gasteiger partial charge on any atom is 0.277 e. The maximum absolute atomic E-state index is 12.3. The molecular weight excluding hydrogens is 362 g/mol. The average Bonchev–Trinajstić information content (AvgIpc) is 2.79. The number of carbonyl (C=O) groups excluding carboxylic acids is 1. The molecule has 3 aromatic carbocycles. The second-order valence-corrected chi connectivity index (χ2v) is 6.37. The normalized spacial score (nSPS) is 11.2. The summed E-state index contributed by atoms with van der Waals surface area (Å²) in [5.41, 5.74) is 4.70. The minimum atomic E-state index is -0.345. The third-order valence-electron chi connectivity index (χ3n) is 4.34. The molecule has 29 heavy (non-hydrogen) atoms. The Balaban J connectivity index is 1.46. The van der Waals surface area contributed by atoms with E-state index in [1.165, 1.54) is 0 Å². The van der Waals surface area contributed by atoms with Crippen LogP contribution in [0.2, 0.25) is 0 Å². The molecule has 0 atom stereocenters. The number of hydrazone groups is 1. The zero-order valence-electron chi connectivity index (χ0n) is 15.7. The molecule has 0 aliphatic rings. The van der Waals surface area contributed by atoms with Gasteiger partial charge in [0.2, 0.25) is 0 Å². The Morgan fingerprint density at radius 2 is 1.62 bits per heavy atom. The molecule has 5 nitrogen and oxygen atoms in total. The summed E-state index contributed by atoms with van der Waals surface area (Å²) in [5.74, 6) is 0.290. The zero-order chi connectivity index (χ0) is 19.9. The molecule has 5 heteroatoms. The van der Waals surface area contributed by atoms with Gasteiger partial charge in [0.1, 0.15) is 11.5 Å². The molecule has 0 bridgehead atoms. The van der Waals surface area contributed by atoms with Gasteiger partial charge in [0.05, 0.1) is 5.69 Å². The molecule has 4 rings (SSSR count). The standard InChI is InChI=1S/C24H19N3O2/c28-23(17-29-21-14-13-18-8-4-5-11-20(18)16-21)26-27-24(19-9-2-1-3-10-19)22-12-6-7-15-25-22/h1-16H,17H2,(H,26,28)/b27-24+. The Bertz CT molecular complexity index is 1100. The van der Waals surface area contributed by atoms with Crippen molar-refractivity contribution in [3.63, 3.8) is 0 Å². The number of benzene rings is 3. The number of hydrogen-bond acceptors (Lipinski definition) is 4. The van der Waals surface area contributed by atoms with Crippen molar-refractivity contribution in [1.82, 2.24) is 10.4 Å². The van der Waals surface area contributed by atoms with Crippen molar-refractivity contribution in [2.45, 2.75) is 0 Å². The largest absolute Gasteiger partial charge is 0.484 e. The number of nitrogens with zero attached hydrogens (tertiary/aromatic N) is 2. The van der Waals surface area contributed by atoms with Crippen LogP contribution in [-0.2, 0) is 4.79 Å². The molecule has 4 aromatic rings. The van der Waals surface area contributed by atoms with E-state index in [0.717, 1.165) is 16.3 Å². The molecule has 0 saturated heterocycles. The van der Waals surface area contributed by atoms with Gasteiger partial charge in [-0.3, -0.25) is 9.78 Å². The van der Waals surface area contributed by atoms with Crippen LogP contribution in [0.3, 0.4) is 0 Å². The molecular formula is C24H19N3O2. The highest BCUT2D eigenvalue weighted by Gasteiger charge is 2.09. The van der Waals surface area contributed by atoms with Gasteiger partial charge in [-0.25, -0.2) is 5.43 Å². The van der Waals surface area contributed by atoms with Crippen LogP contribution in [0.25, 0.3) is 10.8 Å². The lowest BCUT2D eigenvalue weighted by Gasteiger charge is -2.08. The molecule has 0 saturated carbocycles. The molecule has 142 valence electrons. The Labute approximate surface area is 168 Å². The van der Waals surface area contributed by atoms with Gasteiger partial charge in [0, 0.05) is 11.8 Å². The average molecular weight is 381 g/mol. The summed E-state index contributed by atoms with van der Waals surface area (Å²) >= 11 is 0. The number of ether oxygens (including phenoxy) is 1. The van der Waals surface area contributed by atoms with Gasteiger partial charge < -0.3 is 4.74 Å². The smallest absolute Gasteiger partial charge is 0.277 e. The number of carbonyl (C=O) groups is 1. The van der Waals surface area contributed by atoms with E-state index in [2.05, 4.69) is 15.5 Å². The molecule has 0 unspecified atom stereocenters. The van der Waals surface area contributed by atoms with Crippen LogP contribution in [0.1, 0.15) is 11.3 Å². The van der Waals surface area contributed by atoms with Crippen molar-refractivity contribution in [3.05, 3.63) is 108 Å². The van der Waals surface area contributed by atoms with Crippen LogP contribution in [0.4, 0.5) is 0 Å². The van der Waals surface area contributed by atoms with Crippen molar-refractivity contribution < 1.29 is 9.53 Å². The van der Waals surface area contributed by atoms with Crippen LogP contribution < -0.4 is 10.2 Å². The quantitative estimate of drug-likeness (QED) is 0.402. The maximum atomic E-state index is 12.3. The number of hydrogen-bond donors (Lipinski definition) is 1. The number of pyridine rings is 1. The number of nitrogens with one attached hydrogen (secondary N) is 1. The van der Waals surface area contributed by atoms with Crippen molar-refractivity contribution in [2.75, 3.05) is 6.61 Å². The van der Waals surface area contributed by atoms with Gasteiger partial charge in [0.25, 0.3) is 5.91 Å². The van der Waals surface area contributed by atoms with Crippen molar-refractivity contribution >= 4 is 22.4 Å². The Morgan fingerprint density at radius 1 is 0.862 bits per heavy atom. The minimum absolute atomic E-state index is 0.133. The van der Waals surface area contributed by atoms with Crippen LogP contribution in [0.15, 0.2) is 102 Å². The highest BCUT2D eigenvalue weighted by molar-refractivity contribution is 6.11. The topological polar surface area (TPSA) is 63.6 Å². The SMILES string of the molecule is O=C(COc1ccc2ccccc2c1)N/N=C(\c1ccccc1)c1ccccn1. The molecule has 0 aliphatic heterocycles. The summed E-state index contributed by atoms with van der Waals surface area (Å²) in [6.45, 7) is -0.133. The zero-order valence-corrected chi connectivity index (χ0v) is 15.7. The summed E-state index contributed by atoms with van der Waals surface area (Å²) in [7, 11) is 0. The summed E-state index contributed by atoms with van der Waals surface area (Å²) < 4.78 is 5.62. The number of aromatic nitrogens is 1. The highest BCUT2D eigenvalue weighted by atomic mass is 16.5. The summed E-state index contributed by atoms with van der Waals surface area (Å²) in [5, 5.41) is 6.48. The lowest BCUT2D eigenvalue weighted by atomic mass is 10.1. The molecule has 0 radical (unpaired) electrons. The van der Waals surface area contributed by atoms with Crippen LogP contribution in [-0.4, -0.2) is 23.2 Å². The van der Waals surface area contributed by atoms with E-state index in [-0.39, 0.29) is 12.5 Å². The fourth-order valence-corrected chi connectivity index (χ4v) is 2.93. The first kappa shape index (κ1) is 18.4. The first-order valence-corrected chi connectivity index (χ1v) is 9.24. The summed E-state index contributed by atoms with van der Waals surface area (Å²) in [6.07, 6.45) is 1.69. The Morgan fingerprint density at radius 3 is 2.41 bits per heavy atom. The predicted octanol–water partition coefficient (Wildman–Crippen LogP) is 4.18. The molecule has 0 spiro atoms. The van der Waals surface area contributed by atoms with Crippen LogP contribution >= 0.6 is 0 Å².